The van der Waals surface area contributed by atoms with Gasteiger partial charge in [-0.05, 0) is 0 Å². The molecule has 1 atom stereocenters. The summed E-state index contributed by atoms with van der Waals surface area (Å²) in [6.07, 6.45) is -4.86. The van der Waals surface area contributed by atoms with Crippen molar-refractivity contribution in [1.82, 2.24) is 0 Å². The minimum Gasteiger partial charge on any atom is -0.345 e. The van der Waals surface area contributed by atoms with Crippen molar-refractivity contribution in [1.29, 1.82) is 0 Å². The lowest BCUT2D eigenvalue weighted by atomic mass is 11.2. The van der Waals surface area contributed by atoms with E-state index in [2.05, 4.69) is 9.47 Å². The van der Waals surface area contributed by atoms with E-state index in [0.29, 0.717) is 0 Å². The van der Waals surface area contributed by atoms with Crippen molar-refractivity contribution in [2.75, 3.05) is 7.11 Å². The molecule has 0 saturated heterocycles. The lowest BCUT2D eigenvalue weighted by Gasteiger charge is -2.12. The van der Waals surface area contributed by atoms with Gasteiger partial charge in [0.25, 0.3) is 0 Å². The first kappa shape index (κ1) is 9.99. The number of methoxy groups -OCH3 is 1. The minimum absolute atomic E-state index is 0.668. The van der Waals surface area contributed by atoms with E-state index in [9.17, 15) is 17.1 Å². The van der Waals surface area contributed by atoms with Crippen LogP contribution in [-0.4, -0.2) is 19.1 Å². The zero-order valence-electron chi connectivity index (χ0n) is 4.81. The molecule has 0 N–H and O–H groups in total. The summed E-state index contributed by atoms with van der Waals surface area (Å²) >= 11 is -0.668. The quantitative estimate of drug-likeness (QED) is 0.489. The second-order valence-corrected chi connectivity index (χ2v) is 1.74. The van der Waals surface area contributed by atoms with Gasteiger partial charge in [-0.25, -0.2) is 4.74 Å². The first-order valence-corrected chi connectivity index (χ1v) is 2.82. The molecule has 0 spiro atoms. The van der Waals surface area contributed by atoms with Crippen molar-refractivity contribution in [3.05, 3.63) is 0 Å². The molecule has 0 aliphatic heterocycles. The van der Waals surface area contributed by atoms with Crippen LogP contribution in [0.1, 0.15) is 0 Å². The largest absolute Gasteiger partial charge is 0.525 e. The monoisotopic (exact) mass is 180 g/mol. The molecule has 0 aromatic rings. The van der Waals surface area contributed by atoms with Crippen molar-refractivity contribution in [2.24, 2.45) is 0 Å². The summed E-state index contributed by atoms with van der Waals surface area (Å²) in [6.45, 7) is 0. The molecule has 0 aromatic heterocycles. The summed E-state index contributed by atoms with van der Waals surface area (Å²) in [4.78, 5) is 0. The molecule has 0 heterocycles. The molecule has 2 nitrogen and oxygen atoms in total. The summed E-state index contributed by atoms with van der Waals surface area (Å²) < 4.78 is 52.0. The summed E-state index contributed by atoms with van der Waals surface area (Å²) in [5, 5.41) is 0. The van der Waals surface area contributed by atoms with E-state index in [0.717, 1.165) is 7.11 Å². The molecule has 1 unspecified atom stereocenters. The van der Waals surface area contributed by atoms with Crippen LogP contribution in [0.25, 0.3) is 0 Å². The van der Waals surface area contributed by atoms with Crippen molar-refractivity contribution < 1.29 is 26.5 Å². The predicted octanol–water partition coefficient (Wildman–Crippen LogP) is 2.07. The fourth-order valence-electron chi connectivity index (χ4n) is 0.212. The molecule has 0 aliphatic carbocycles. The molecule has 0 aromatic carbocycles. The topological polar surface area (TPSA) is 18.5 Å². The third kappa shape index (κ3) is 4.83. The Balaban J connectivity index is 3.63. The molecule has 62 valence electrons. The highest BCUT2D eigenvalue weighted by Gasteiger charge is 2.34. The number of halogens is 4. The number of rotatable bonds is 3. The normalized spacial score (nSPS) is 15.3. The second kappa shape index (κ2) is 3.99. The number of hydrogen-bond donors (Lipinski definition) is 0. The third-order valence-corrected chi connectivity index (χ3v) is 0.929. The predicted molar refractivity (Wildman–Crippen MR) is 26.6 cm³/mol. The van der Waals surface area contributed by atoms with Crippen LogP contribution in [0.4, 0.5) is 17.1 Å². The molecular weight excluding hydrogens is 176 g/mol. The van der Waals surface area contributed by atoms with E-state index in [1.807, 2.05) is 0 Å². The standard InChI is InChI=1S/C3H4F4O2S/c1-8-2(10-7)9-3(4,5)6/h2H,1H3. The fraction of sp³-hybridized carbons (Fsp3) is 1.00. The highest BCUT2D eigenvalue weighted by atomic mass is 32.2. The van der Waals surface area contributed by atoms with E-state index in [4.69, 9.17) is 0 Å². The lowest BCUT2D eigenvalue weighted by Crippen LogP contribution is -2.21. The number of hydrogen-bond acceptors (Lipinski definition) is 3. The van der Waals surface area contributed by atoms with Gasteiger partial charge < -0.3 is 4.74 Å². The van der Waals surface area contributed by atoms with Gasteiger partial charge in [-0.2, -0.15) is 3.89 Å². The SMILES string of the molecule is COC(OC(F)(F)F)SF. The molecule has 0 bridgehead atoms. The highest BCUT2D eigenvalue weighted by Crippen LogP contribution is 2.24. The fourth-order valence-corrected chi connectivity index (χ4v) is 0.430. The Kier molecular flexibility index (Phi) is 3.99. The van der Waals surface area contributed by atoms with E-state index in [1.54, 1.807) is 0 Å². The maximum Gasteiger partial charge on any atom is 0.525 e. The zero-order valence-corrected chi connectivity index (χ0v) is 5.63. The maximum atomic E-state index is 11.4. The molecular formula is C3H4F4O2S. The van der Waals surface area contributed by atoms with Gasteiger partial charge >= 0.3 is 6.36 Å². The van der Waals surface area contributed by atoms with Crippen LogP contribution < -0.4 is 0 Å². The van der Waals surface area contributed by atoms with Crippen molar-refractivity contribution in [2.45, 2.75) is 12.0 Å². The first-order valence-electron chi connectivity index (χ1n) is 2.04. The van der Waals surface area contributed by atoms with E-state index in [1.165, 1.54) is 0 Å². The molecule has 7 heteroatoms. The van der Waals surface area contributed by atoms with Crippen molar-refractivity contribution >= 4 is 12.1 Å². The first-order chi connectivity index (χ1) is 4.49. The third-order valence-electron chi connectivity index (χ3n) is 0.495. The number of alkyl halides is 3. The molecule has 0 amide bonds. The maximum absolute atomic E-state index is 11.4. The molecule has 0 rings (SSSR count). The lowest BCUT2D eigenvalue weighted by molar-refractivity contribution is -0.357. The van der Waals surface area contributed by atoms with Gasteiger partial charge in [0.2, 0.25) is 5.62 Å². The number of ether oxygens (including phenoxy) is 2. The summed E-state index contributed by atoms with van der Waals surface area (Å²) in [5.74, 6) is 0. The molecule has 0 fully saturated rings. The Morgan fingerprint density at radius 3 is 2.00 bits per heavy atom. The molecule has 0 saturated carbocycles. The Bertz CT molecular complexity index is 91.0. The van der Waals surface area contributed by atoms with Gasteiger partial charge in [-0.15, -0.1) is 13.2 Å². The Morgan fingerprint density at radius 2 is 1.90 bits per heavy atom. The second-order valence-electron chi connectivity index (χ2n) is 1.18. The van der Waals surface area contributed by atoms with Crippen LogP contribution in [-0.2, 0) is 9.47 Å². The van der Waals surface area contributed by atoms with E-state index < -0.39 is 24.1 Å². The Morgan fingerprint density at radius 1 is 1.40 bits per heavy atom. The summed E-state index contributed by atoms with van der Waals surface area (Å²) in [5.41, 5.74) is -1.93. The van der Waals surface area contributed by atoms with Crippen LogP contribution in [0.3, 0.4) is 0 Å². The molecule has 0 aliphatic rings. The van der Waals surface area contributed by atoms with Crippen LogP contribution in [0.5, 0.6) is 0 Å². The van der Waals surface area contributed by atoms with E-state index >= 15 is 0 Å². The van der Waals surface area contributed by atoms with Crippen LogP contribution >= 0.6 is 12.1 Å². The van der Waals surface area contributed by atoms with Gasteiger partial charge in [0, 0.05) is 7.11 Å². The van der Waals surface area contributed by atoms with Gasteiger partial charge in [-0.3, -0.25) is 0 Å². The van der Waals surface area contributed by atoms with E-state index in [-0.39, 0.29) is 0 Å². The Labute approximate surface area is 58.8 Å². The summed E-state index contributed by atoms with van der Waals surface area (Å²) in [7, 11) is 0.906. The molecule has 0 radical (unpaired) electrons. The van der Waals surface area contributed by atoms with Crippen molar-refractivity contribution in [3.8, 4) is 0 Å². The van der Waals surface area contributed by atoms with Crippen LogP contribution in [0.15, 0.2) is 0 Å². The zero-order chi connectivity index (χ0) is 8.20. The molecule has 10 heavy (non-hydrogen) atoms. The van der Waals surface area contributed by atoms with Gasteiger partial charge in [0.05, 0.1) is 0 Å². The minimum atomic E-state index is -4.86. The van der Waals surface area contributed by atoms with Crippen LogP contribution in [0, 0.1) is 0 Å². The van der Waals surface area contributed by atoms with Crippen LogP contribution in [0.2, 0.25) is 0 Å². The Hall–Kier alpha value is -0.0100. The smallest absolute Gasteiger partial charge is 0.345 e. The van der Waals surface area contributed by atoms with Gasteiger partial charge in [0.15, 0.2) is 0 Å². The van der Waals surface area contributed by atoms with Crippen molar-refractivity contribution in [3.63, 3.8) is 0 Å². The van der Waals surface area contributed by atoms with Gasteiger partial charge in [0.1, 0.15) is 12.1 Å². The highest BCUT2D eigenvalue weighted by molar-refractivity contribution is 7.94. The van der Waals surface area contributed by atoms with Gasteiger partial charge in [-0.1, -0.05) is 0 Å². The average Bonchev–Trinajstić information content (AvgIpc) is 1.81. The summed E-state index contributed by atoms with van der Waals surface area (Å²) in [6, 6.07) is 0. The average molecular weight is 180 g/mol.